The van der Waals surface area contributed by atoms with E-state index in [0.717, 1.165) is 32.1 Å². The molecule has 1 aromatic carbocycles. The lowest BCUT2D eigenvalue weighted by Gasteiger charge is -2.32. The van der Waals surface area contributed by atoms with Gasteiger partial charge in [-0.3, -0.25) is 0 Å². The standard InChI is InChI=1S/C27H28.C2H6/c1-3-10-20(4-2)17-24-18-23-16-15-22(21-11-6-5-7-12-21)19-27(23)26-14-9-8-13-25(24)26;1-2/h3,5-6,8-11,13,15-17,19,26H,1,4,7,12,14,18H2,2H3;1-2H3/b20-10-,24-17+;. The minimum atomic E-state index is 0.492. The van der Waals surface area contributed by atoms with E-state index < -0.39 is 0 Å². The Morgan fingerprint density at radius 1 is 1.14 bits per heavy atom. The molecule has 1 aromatic rings. The molecular weight excluding hydrogens is 348 g/mol. The Labute approximate surface area is 177 Å². The van der Waals surface area contributed by atoms with Crippen molar-refractivity contribution in [2.24, 2.45) is 0 Å². The van der Waals surface area contributed by atoms with Crippen molar-refractivity contribution in [2.75, 3.05) is 0 Å². The lowest BCUT2D eigenvalue weighted by atomic mass is 9.72. The molecule has 1 unspecified atom stereocenters. The number of allylic oxidation sites excluding steroid dienone is 13. The van der Waals surface area contributed by atoms with E-state index in [1.54, 1.807) is 0 Å². The second-order valence-electron chi connectivity index (χ2n) is 7.59. The highest BCUT2D eigenvalue weighted by molar-refractivity contribution is 5.70. The monoisotopic (exact) mass is 382 g/mol. The Hall–Kier alpha value is -2.60. The second kappa shape index (κ2) is 10.3. The average molecular weight is 383 g/mol. The van der Waals surface area contributed by atoms with Crippen molar-refractivity contribution in [1.29, 1.82) is 0 Å². The normalized spacial score (nSPS) is 21.4. The number of benzene rings is 1. The molecule has 0 aromatic heterocycles. The van der Waals surface area contributed by atoms with Crippen LogP contribution in [0, 0.1) is 0 Å². The van der Waals surface area contributed by atoms with Gasteiger partial charge in [0.2, 0.25) is 0 Å². The maximum absolute atomic E-state index is 3.87. The second-order valence-corrected chi connectivity index (χ2v) is 7.59. The van der Waals surface area contributed by atoms with Gasteiger partial charge in [0.25, 0.3) is 0 Å². The maximum Gasteiger partial charge on any atom is 0.0130 e. The highest BCUT2D eigenvalue weighted by atomic mass is 14.3. The van der Waals surface area contributed by atoms with Gasteiger partial charge in [-0.2, -0.15) is 0 Å². The highest BCUT2D eigenvalue weighted by Crippen LogP contribution is 2.44. The van der Waals surface area contributed by atoms with Gasteiger partial charge in [0.15, 0.2) is 0 Å². The Kier molecular flexibility index (Phi) is 7.47. The molecule has 0 spiro atoms. The molecule has 4 rings (SSSR count). The Bertz CT molecular complexity index is 925. The van der Waals surface area contributed by atoms with Crippen molar-refractivity contribution in [3.63, 3.8) is 0 Å². The Balaban J connectivity index is 0.00000117. The van der Waals surface area contributed by atoms with Crippen LogP contribution in [0.4, 0.5) is 0 Å². The van der Waals surface area contributed by atoms with E-state index in [1.165, 1.54) is 39.0 Å². The Morgan fingerprint density at radius 3 is 2.69 bits per heavy atom. The van der Waals surface area contributed by atoms with Gasteiger partial charge in [0, 0.05) is 5.92 Å². The van der Waals surface area contributed by atoms with E-state index in [1.807, 2.05) is 19.9 Å². The van der Waals surface area contributed by atoms with E-state index in [0.29, 0.717) is 5.92 Å². The molecule has 3 aliphatic carbocycles. The van der Waals surface area contributed by atoms with Gasteiger partial charge in [-0.05, 0) is 71.1 Å². The number of rotatable bonds is 4. The zero-order valence-corrected chi connectivity index (χ0v) is 18.2. The Morgan fingerprint density at radius 2 is 1.97 bits per heavy atom. The third kappa shape index (κ3) is 4.70. The third-order valence-corrected chi connectivity index (χ3v) is 5.92. The summed E-state index contributed by atoms with van der Waals surface area (Å²) in [7, 11) is 0. The molecule has 0 fully saturated rings. The van der Waals surface area contributed by atoms with Crippen molar-refractivity contribution in [2.45, 2.75) is 58.8 Å². The molecule has 0 nitrogen and oxygen atoms in total. The van der Waals surface area contributed by atoms with Gasteiger partial charge in [-0.15, -0.1) is 0 Å². The van der Waals surface area contributed by atoms with Gasteiger partial charge < -0.3 is 0 Å². The smallest absolute Gasteiger partial charge is 0.0130 e. The number of hydrogen-bond donors (Lipinski definition) is 0. The highest BCUT2D eigenvalue weighted by Gasteiger charge is 2.28. The van der Waals surface area contributed by atoms with Crippen LogP contribution in [-0.4, -0.2) is 0 Å². The first-order valence-corrected chi connectivity index (χ1v) is 11.2. The van der Waals surface area contributed by atoms with Crippen LogP contribution in [0.5, 0.6) is 0 Å². The molecule has 0 heteroatoms. The zero-order chi connectivity index (χ0) is 20.6. The van der Waals surface area contributed by atoms with Crippen molar-refractivity contribution < 1.29 is 0 Å². The van der Waals surface area contributed by atoms with Crippen LogP contribution in [0.2, 0.25) is 0 Å². The molecule has 0 saturated carbocycles. The molecular formula is C29H34. The third-order valence-electron chi connectivity index (χ3n) is 5.92. The summed E-state index contributed by atoms with van der Waals surface area (Å²) in [5.74, 6) is 0.492. The summed E-state index contributed by atoms with van der Waals surface area (Å²) in [6.45, 7) is 10.1. The molecule has 0 bridgehead atoms. The van der Waals surface area contributed by atoms with Crippen LogP contribution in [-0.2, 0) is 6.42 Å². The summed E-state index contributed by atoms with van der Waals surface area (Å²) in [4.78, 5) is 0. The summed E-state index contributed by atoms with van der Waals surface area (Å²) in [5, 5.41) is 0. The molecule has 1 atom stereocenters. The first kappa shape index (κ1) is 21.1. The first-order chi connectivity index (χ1) is 14.3. The fourth-order valence-corrected chi connectivity index (χ4v) is 4.46. The predicted octanol–water partition coefficient (Wildman–Crippen LogP) is 8.42. The summed E-state index contributed by atoms with van der Waals surface area (Å²) in [6.07, 6.45) is 25.5. The fourth-order valence-electron chi connectivity index (χ4n) is 4.46. The molecule has 0 saturated heterocycles. The molecule has 29 heavy (non-hydrogen) atoms. The molecule has 0 N–H and O–H groups in total. The van der Waals surface area contributed by atoms with Crippen LogP contribution in [0.1, 0.15) is 69.1 Å². The largest absolute Gasteiger partial charge is 0.0991 e. The van der Waals surface area contributed by atoms with E-state index in [2.05, 4.69) is 80.3 Å². The van der Waals surface area contributed by atoms with Crippen molar-refractivity contribution in [1.82, 2.24) is 0 Å². The molecule has 0 aliphatic heterocycles. The van der Waals surface area contributed by atoms with E-state index in [9.17, 15) is 0 Å². The van der Waals surface area contributed by atoms with Gasteiger partial charge in [-0.25, -0.2) is 0 Å². The SMILES string of the molecule is C=C/C=C(\C=C1/Cc2ccc(C3=CC=CCC3)cc2C2CC=CC=C12)CC.CC. The molecule has 3 aliphatic rings. The maximum atomic E-state index is 3.87. The average Bonchev–Trinajstić information content (AvgIpc) is 2.80. The van der Waals surface area contributed by atoms with Gasteiger partial charge in [0.05, 0.1) is 0 Å². The van der Waals surface area contributed by atoms with Gasteiger partial charge in [-0.1, -0.05) is 100 Å². The topological polar surface area (TPSA) is 0 Å². The fraction of sp³-hybridized carbons (Fsp3) is 0.310. The lowest BCUT2D eigenvalue weighted by Crippen LogP contribution is -2.17. The van der Waals surface area contributed by atoms with Gasteiger partial charge >= 0.3 is 0 Å². The van der Waals surface area contributed by atoms with Crippen LogP contribution in [0.15, 0.2) is 96.2 Å². The molecule has 0 radical (unpaired) electrons. The number of fused-ring (bicyclic) bond motifs is 3. The molecule has 150 valence electrons. The minimum absolute atomic E-state index is 0.492. The van der Waals surface area contributed by atoms with E-state index in [-0.39, 0.29) is 0 Å². The summed E-state index contributed by atoms with van der Waals surface area (Å²) >= 11 is 0. The van der Waals surface area contributed by atoms with Crippen LogP contribution < -0.4 is 0 Å². The quantitative estimate of drug-likeness (QED) is 0.458. The lowest BCUT2D eigenvalue weighted by molar-refractivity contribution is 0.756. The van der Waals surface area contributed by atoms with Crippen LogP contribution in [0.3, 0.4) is 0 Å². The summed E-state index contributed by atoms with van der Waals surface area (Å²) in [6, 6.07) is 7.17. The predicted molar refractivity (Wildman–Crippen MR) is 129 cm³/mol. The van der Waals surface area contributed by atoms with Crippen molar-refractivity contribution >= 4 is 5.57 Å². The molecule has 0 heterocycles. The molecule has 0 amide bonds. The van der Waals surface area contributed by atoms with E-state index >= 15 is 0 Å². The first-order valence-electron chi connectivity index (χ1n) is 11.2. The zero-order valence-electron chi connectivity index (χ0n) is 18.2. The van der Waals surface area contributed by atoms with Crippen LogP contribution in [0.25, 0.3) is 5.57 Å². The van der Waals surface area contributed by atoms with Gasteiger partial charge in [0.1, 0.15) is 0 Å². The number of hydrogen-bond acceptors (Lipinski definition) is 0. The van der Waals surface area contributed by atoms with E-state index in [4.69, 9.17) is 0 Å². The minimum Gasteiger partial charge on any atom is -0.0991 e. The summed E-state index contributed by atoms with van der Waals surface area (Å²) in [5.41, 5.74) is 10.2. The summed E-state index contributed by atoms with van der Waals surface area (Å²) < 4.78 is 0. The van der Waals surface area contributed by atoms with Crippen molar-refractivity contribution in [3.05, 3.63) is 113 Å². The van der Waals surface area contributed by atoms with Crippen molar-refractivity contribution in [3.8, 4) is 0 Å². The van der Waals surface area contributed by atoms with Crippen LogP contribution >= 0.6 is 0 Å².